The number of nitrogens with zero attached hydrogens (tertiary/aromatic N) is 1. The molecule has 2 unspecified atom stereocenters. The minimum Gasteiger partial charge on any atom is -0.367 e. The SMILES string of the molecule is CSC(SC)=C(C#N)C(=O)[C@H]1OC2OC(C)(C)OC2[C@H]1OCc1ccccc1. The van der Waals surface area contributed by atoms with E-state index >= 15 is 0 Å². The van der Waals surface area contributed by atoms with E-state index in [0.717, 1.165) is 5.56 Å². The second-order valence-electron chi connectivity index (χ2n) is 6.83. The normalized spacial score (nSPS) is 27.8. The van der Waals surface area contributed by atoms with Crippen molar-refractivity contribution in [3.63, 3.8) is 0 Å². The number of benzene rings is 1. The van der Waals surface area contributed by atoms with E-state index in [0.29, 0.717) is 10.8 Å². The Kier molecular flexibility index (Phi) is 6.86. The van der Waals surface area contributed by atoms with Gasteiger partial charge in [-0.2, -0.15) is 5.26 Å². The number of rotatable bonds is 7. The molecule has 0 aliphatic carbocycles. The Morgan fingerprint density at radius 1 is 1.21 bits per heavy atom. The number of hydrogen-bond acceptors (Lipinski definition) is 8. The molecule has 0 spiro atoms. The van der Waals surface area contributed by atoms with Crippen LogP contribution in [0.2, 0.25) is 0 Å². The molecule has 28 heavy (non-hydrogen) atoms. The molecule has 8 heteroatoms. The molecule has 1 aromatic carbocycles. The lowest BCUT2D eigenvalue weighted by Gasteiger charge is -2.25. The predicted octanol–water partition coefficient (Wildman–Crippen LogP) is 3.48. The largest absolute Gasteiger partial charge is 0.367 e. The van der Waals surface area contributed by atoms with Crippen molar-refractivity contribution in [2.24, 2.45) is 0 Å². The van der Waals surface area contributed by atoms with Gasteiger partial charge in [-0.1, -0.05) is 30.3 Å². The highest BCUT2D eigenvalue weighted by Crippen LogP contribution is 2.40. The molecule has 2 saturated heterocycles. The van der Waals surface area contributed by atoms with Gasteiger partial charge in [-0.15, -0.1) is 23.5 Å². The van der Waals surface area contributed by atoms with Crippen LogP contribution in [0, 0.1) is 11.3 Å². The topological polar surface area (TPSA) is 77.8 Å². The van der Waals surface area contributed by atoms with Crippen molar-refractivity contribution < 1.29 is 23.7 Å². The minimum atomic E-state index is -0.959. The third-order valence-electron chi connectivity index (χ3n) is 4.47. The first-order valence-electron chi connectivity index (χ1n) is 8.83. The van der Waals surface area contributed by atoms with Crippen molar-refractivity contribution in [2.75, 3.05) is 12.5 Å². The van der Waals surface area contributed by atoms with Gasteiger partial charge in [-0.3, -0.25) is 4.79 Å². The molecule has 6 nitrogen and oxygen atoms in total. The average Bonchev–Trinajstić information content (AvgIpc) is 3.16. The van der Waals surface area contributed by atoms with Gasteiger partial charge < -0.3 is 18.9 Å². The summed E-state index contributed by atoms with van der Waals surface area (Å²) in [5.41, 5.74) is 1.05. The number of hydrogen-bond donors (Lipinski definition) is 0. The van der Waals surface area contributed by atoms with Crippen LogP contribution in [-0.2, 0) is 30.3 Å². The molecule has 150 valence electrons. The smallest absolute Gasteiger partial charge is 0.206 e. The van der Waals surface area contributed by atoms with Gasteiger partial charge >= 0.3 is 0 Å². The van der Waals surface area contributed by atoms with Gasteiger partial charge in [-0.05, 0) is 31.9 Å². The fraction of sp³-hybridized carbons (Fsp3) is 0.500. The second kappa shape index (κ2) is 8.99. The van der Waals surface area contributed by atoms with Crippen molar-refractivity contribution >= 4 is 29.3 Å². The first-order valence-corrected chi connectivity index (χ1v) is 11.3. The lowest BCUT2D eigenvalue weighted by molar-refractivity contribution is -0.217. The summed E-state index contributed by atoms with van der Waals surface area (Å²) in [7, 11) is 0. The van der Waals surface area contributed by atoms with Gasteiger partial charge in [0.1, 0.15) is 23.9 Å². The molecule has 2 heterocycles. The third-order valence-corrected chi connectivity index (χ3v) is 6.62. The van der Waals surface area contributed by atoms with Crippen molar-refractivity contribution in [1.29, 1.82) is 5.26 Å². The molecule has 2 fully saturated rings. The van der Waals surface area contributed by atoms with Crippen molar-refractivity contribution in [2.45, 2.75) is 50.8 Å². The highest BCUT2D eigenvalue weighted by Gasteiger charge is 2.57. The van der Waals surface area contributed by atoms with Gasteiger partial charge in [0.2, 0.25) is 5.78 Å². The molecule has 1 aromatic rings. The van der Waals surface area contributed by atoms with Gasteiger partial charge in [0.25, 0.3) is 0 Å². The molecule has 0 aromatic heterocycles. The Bertz CT molecular complexity index is 784. The maximum atomic E-state index is 13.1. The van der Waals surface area contributed by atoms with Gasteiger partial charge in [0.05, 0.1) is 10.8 Å². The summed E-state index contributed by atoms with van der Waals surface area (Å²) in [5, 5.41) is 9.56. The Balaban J connectivity index is 1.85. The fourth-order valence-electron chi connectivity index (χ4n) is 3.27. The van der Waals surface area contributed by atoms with E-state index in [9.17, 15) is 10.1 Å². The van der Waals surface area contributed by atoms with Crippen molar-refractivity contribution in [3.05, 3.63) is 45.7 Å². The number of carbonyl (C=O) groups excluding carboxylic acids is 1. The molecular weight excluding hydrogens is 398 g/mol. The molecule has 3 rings (SSSR count). The monoisotopic (exact) mass is 421 g/mol. The van der Waals surface area contributed by atoms with Gasteiger partial charge in [0, 0.05) is 0 Å². The maximum Gasteiger partial charge on any atom is 0.206 e. The third kappa shape index (κ3) is 4.46. The quantitative estimate of drug-likeness (QED) is 0.489. The summed E-state index contributed by atoms with van der Waals surface area (Å²) < 4.78 is 24.3. The average molecular weight is 422 g/mol. The van der Waals surface area contributed by atoms with Crippen LogP contribution in [0.4, 0.5) is 0 Å². The number of Topliss-reactive ketones (excluding diaryl/α,β-unsaturated/α-hetero) is 1. The lowest BCUT2D eigenvalue weighted by atomic mass is 10.0. The number of ketones is 1. The van der Waals surface area contributed by atoms with Crippen LogP contribution in [-0.4, -0.2) is 48.7 Å². The van der Waals surface area contributed by atoms with Crippen LogP contribution < -0.4 is 0 Å². The summed E-state index contributed by atoms with van der Waals surface area (Å²) in [4.78, 5) is 13.1. The van der Waals surface area contributed by atoms with E-state index in [1.807, 2.05) is 48.9 Å². The lowest BCUT2D eigenvalue weighted by Crippen LogP contribution is -2.41. The number of thioether (sulfide) groups is 2. The molecular formula is C20H23NO5S2. The van der Waals surface area contributed by atoms with Gasteiger partial charge in [0.15, 0.2) is 18.2 Å². The van der Waals surface area contributed by atoms with E-state index in [2.05, 4.69) is 0 Å². The predicted molar refractivity (Wildman–Crippen MR) is 108 cm³/mol. The summed E-state index contributed by atoms with van der Waals surface area (Å²) in [6.45, 7) is 3.88. The van der Waals surface area contributed by atoms with Crippen LogP contribution >= 0.6 is 23.5 Å². The zero-order valence-electron chi connectivity index (χ0n) is 16.2. The van der Waals surface area contributed by atoms with Crippen LogP contribution in [0.15, 0.2) is 40.1 Å². The number of ether oxygens (including phenoxy) is 4. The van der Waals surface area contributed by atoms with Crippen molar-refractivity contribution in [1.82, 2.24) is 0 Å². The fourth-order valence-corrected chi connectivity index (χ4v) is 4.64. The first kappa shape index (κ1) is 21.4. The van der Waals surface area contributed by atoms with E-state index in [4.69, 9.17) is 18.9 Å². The zero-order valence-corrected chi connectivity index (χ0v) is 17.8. The molecule has 2 aliphatic heterocycles. The molecule has 0 amide bonds. The summed E-state index contributed by atoms with van der Waals surface area (Å²) in [5.74, 6) is -1.23. The van der Waals surface area contributed by atoms with E-state index in [1.54, 1.807) is 13.8 Å². The Hall–Kier alpha value is -1.34. The molecule has 0 N–H and O–H groups in total. The van der Waals surface area contributed by atoms with E-state index in [-0.39, 0.29) is 5.57 Å². The Morgan fingerprint density at radius 3 is 2.50 bits per heavy atom. The summed E-state index contributed by atoms with van der Waals surface area (Å²) in [6, 6.07) is 11.7. The van der Waals surface area contributed by atoms with Gasteiger partial charge in [-0.25, -0.2) is 0 Å². The van der Waals surface area contributed by atoms with Crippen LogP contribution in [0.5, 0.6) is 0 Å². The Labute approximate surface area is 173 Å². The van der Waals surface area contributed by atoms with Crippen LogP contribution in [0.25, 0.3) is 0 Å². The Morgan fingerprint density at radius 2 is 1.89 bits per heavy atom. The number of fused-ring (bicyclic) bond motifs is 1. The highest BCUT2D eigenvalue weighted by molar-refractivity contribution is 8.21. The van der Waals surface area contributed by atoms with Crippen LogP contribution in [0.1, 0.15) is 19.4 Å². The number of carbonyl (C=O) groups is 1. The van der Waals surface area contributed by atoms with E-state index < -0.39 is 36.2 Å². The molecule has 4 atom stereocenters. The molecule has 0 bridgehead atoms. The first-order chi connectivity index (χ1) is 13.4. The molecule has 0 radical (unpaired) electrons. The number of nitriles is 1. The summed E-state index contributed by atoms with van der Waals surface area (Å²) >= 11 is 2.73. The molecule has 0 saturated carbocycles. The molecule has 2 aliphatic rings. The van der Waals surface area contributed by atoms with E-state index in [1.165, 1.54) is 23.5 Å². The standard InChI is InChI=1S/C20H23NO5S2/c1-20(2)25-17-16(23-11-12-8-6-5-7-9-12)15(24-18(17)26-20)14(22)13(10-21)19(27-3)28-4/h5-9,15-18H,11H2,1-4H3/t15-,16+,17?,18?/m1/s1. The minimum absolute atomic E-state index is 0.0811. The van der Waals surface area contributed by atoms with Crippen molar-refractivity contribution in [3.8, 4) is 6.07 Å². The van der Waals surface area contributed by atoms with Crippen LogP contribution in [0.3, 0.4) is 0 Å². The summed E-state index contributed by atoms with van der Waals surface area (Å²) in [6.07, 6.45) is 0.778. The zero-order chi connectivity index (χ0) is 20.3. The highest BCUT2D eigenvalue weighted by atomic mass is 32.2. The second-order valence-corrected chi connectivity index (χ2v) is 8.72. The maximum absolute atomic E-state index is 13.1.